The van der Waals surface area contributed by atoms with E-state index in [0.717, 1.165) is 11.8 Å². The van der Waals surface area contributed by atoms with Crippen molar-refractivity contribution in [3.8, 4) is 11.6 Å². The molecule has 1 saturated heterocycles. The Bertz CT molecular complexity index is 1810. The predicted molar refractivity (Wildman–Crippen MR) is 189 cm³/mol. The van der Waals surface area contributed by atoms with Gasteiger partial charge in [0.1, 0.15) is 35.1 Å². The number of methoxy groups -OCH3 is 1. The molecule has 2 heterocycles. The highest BCUT2D eigenvalue weighted by Gasteiger charge is 2.62. The van der Waals surface area contributed by atoms with Crippen LogP contribution in [0, 0.1) is 11.3 Å². The van der Waals surface area contributed by atoms with Crippen molar-refractivity contribution >= 4 is 44.6 Å². The van der Waals surface area contributed by atoms with Gasteiger partial charge < -0.3 is 29.7 Å². The van der Waals surface area contributed by atoms with Gasteiger partial charge in [0.25, 0.3) is 5.91 Å². The zero-order chi connectivity index (χ0) is 37.5. The fraction of sp³-hybridized carbons (Fsp3) is 0.583. The second-order valence-corrected chi connectivity index (χ2v) is 17.6. The summed E-state index contributed by atoms with van der Waals surface area (Å²) in [7, 11) is -2.36. The number of hydrogen-bond acceptors (Lipinski definition) is 10. The Morgan fingerprint density at radius 3 is 2.37 bits per heavy atom. The second-order valence-electron chi connectivity index (χ2n) is 15.7. The Morgan fingerprint density at radius 2 is 1.80 bits per heavy atom. The van der Waals surface area contributed by atoms with E-state index in [9.17, 15) is 27.6 Å². The van der Waals surface area contributed by atoms with E-state index in [1.54, 1.807) is 60.9 Å². The highest BCUT2D eigenvalue weighted by atomic mass is 32.2. The average molecular weight is 728 g/mol. The molecule has 1 aromatic heterocycles. The maximum atomic E-state index is 14.4. The van der Waals surface area contributed by atoms with Crippen LogP contribution in [0.25, 0.3) is 10.8 Å². The van der Waals surface area contributed by atoms with Crippen molar-refractivity contribution in [1.82, 2.24) is 25.2 Å². The van der Waals surface area contributed by atoms with Crippen molar-refractivity contribution < 1.29 is 41.8 Å². The van der Waals surface area contributed by atoms with Crippen LogP contribution >= 0.6 is 0 Å². The lowest BCUT2D eigenvalue weighted by Gasteiger charge is -2.36. The van der Waals surface area contributed by atoms with Gasteiger partial charge in [-0.2, -0.15) is 0 Å². The molecule has 3 aliphatic rings. The zero-order valence-corrected chi connectivity index (χ0v) is 31.1. The Balaban J connectivity index is 1.44. The number of benzene rings is 1. The van der Waals surface area contributed by atoms with Gasteiger partial charge in [-0.1, -0.05) is 33.3 Å². The third-order valence-corrected chi connectivity index (χ3v) is 11.4. The summed E-state index contributed by atoms with van der Waals surface area (Å²) in [6.07, 6.45) is 3.40. The summed E-state index contributed by atoms with van der Waals surface area (Å²) in [6.45, 7) is 14.2. The number of pyridine rings is 1. The summed E-state index contributed by atoms with van der Waals surface area (Å²) < 4.78 is 45.1. The van der Waals surface area contributed by atoms with Gasteiger partial charge in [-0.05, 0) is 75.1 Å². The van der Waals surface area contributed by atoms with E-state index < -0.39 is 79.7 Å². The first-order valence-electron chi connectivity index (χ1n) is 17.2. The molecule has 2 aliphatic carbocycles. The van der Waals surface area contributed by atoms with Gasteiger partial charge >= 0.3 is 6.09 Å². The maximum Gasteiger partial charge on any atom is 0.408 e. The van der Waals surface area contributed by atoms with E-state index >= 15 is 0 Å². The van der Waals surface area contributed by atoms with Crippen molar-refractivity contribution in [2.24, 2.45) is 11.3 Å². The van der Waals surface area contributed by atoms with Crippen LogP contribution in [0.3, 0.4) is 0 Å². The molecule has 51 heavy (non-hydrogen) atoms. The molecule has 1 aromatic carbocycles. The van der Waals surface area contributed by atoms with Gasteiger partial charge in [0.15, 0.2) is 0 Å². The number of carbonyl (C=O) groups excluding carboxylic acids is 4. The molecule has 0 radical (unpaired) electrons. The largest absolute Gasteiger partial charge is 0.497 e. The molecule has 14 nitrogen and oxygen atoms in total. The van der Waals surface area contributed by atoms with Crippen LogP contribution in [0.2, 0.25) is 0 Å². The SMILES string of the molecule is C=C[C@@H]1C[C@]1(NC(=O)C1C[C@@H](Oc2nccc3cc(OC)ccc23)CN1C(=O)[C@@H](NC(=O)OC(C)(C)C)C(C)(C)C)C(=O)NS(=O)(=O)C1CCC1. The Kier molecular flexibility index (Phi) is 10.4. The number of likely N-dealkylation sites (tertiary alicyclic amines) is 1. The highest BCUT2D eigenvalue weighted by Crippen LogP contribution is 2.45. The summed E-state index contributed by atoms with van der Waals surface area (Å²) in [4.78, 5) is 60.9. The first-order valence-corrected chi connectivity index (χ1v) is 18.7. The number of sulfonamides is 1. The monoisotopic (exact) mass is 727 g/mol. The summed E-state index contributed by atoms with van der Waals surface area (Å²) in [5.41, 5.74) is -3.20. The maximum absolute atomic E-state index is 14.4. The number of aromatic nitrogens is 1. The lowest BCUT2D eigenvalue weighted by molar-refractivity contribution is -0.143. The smallest absolute Gasteiger partial charge is 0.408 e. The molecule has 2 aromatic rings. The number of ether oxygens (including phenoxy) is 3. The molecule has 5 rings (SSSR count). The molecule has 1 unspecified atom stereocenters. The lowest BCUT2D eigenvalue weighted by Crippen LogP contribution is -2.60. The predicted octanol–water partition coefficient (Wildman–Crippen LogP) is 3.59. The summed E-state index contributed by atoms with van der Waals surface area (Å²) in [5.74, 6) is -1.66. The van der Waals surface area contributed by atoms with E-state index in [4.69, 9.17) is 14.2 Å². The van der Waals surface area contributed by atoms with E-state index in [1.807, 2.05) is 18.2 Å². The fourth-order valence-electron chi connectivity index (χ4n) is 6.44. The minimum atomic E-state index is -3.93. The number of alkyl carbamates (subject to hydrolysis) is 1. The Morgan fingerprint density at radius 1 is 1.10 bits per heavy atom. The summed E-state index contributed by atoms with van der Waals surface area (Å²) >= 11 is 0. The van der Waals surface area contributed by atoms with Gasteiger partial charge in [-0.3, -0.25) is 19.1 Å². The number of nitrogens with zero attached hydrogens (tertiary/aromatic N) is 2. The molecule has 0 bridgehead atoms. The van der Waals surface area contributed by atoms with Crippen molar-refractivity contribution in [3.05, 3.63) is 43.1 Å². The van der Waals surface area contributed by atoms with Gasteiger partial charge in [-0.15, -0.1) is 6.58 Å². The average Bonchev–Trinajstić information content (AvgIpc) is 3.55. The number of nitrogens with one attached hydrogen (secondary N) is 3. The van der Waals surface area contributed by atoms with Gasteiger partial charge in [0.05, 0.1) is 18.9 Å². The highest BCUT2D eigenvalue weighted by molar-refractivity contribution is 7.90. The first-order chi connectivity index (χ1) is 23.8. The van der Waals surface area contributed by atoms with Crippen LogP contribution in [0.4, 0.5) is 4.79 Å². The molecule has 3 fully saturated rings. The van der Waals surface area contributed by atoms with Crippen LogP contribution in [0.15, 0.2) is 43.1 Å². The standard InChI is InChI=1S/C36H49N5O9S/c1-9-22-19-36(22,32(44)40-51(46,47)25-11-10-12-25)39-29(42)27-18-24(49-30-26-14-13-23(48-8)17-21(26)15-16-37-30)20-41(27)31(43)28(34(2,3)4)38-33(45)50-35(5,6)7/h9,13-17,22,24-25,27-28H,1,10-12,18-20H2,2-8H3,(H,38,45)(H,39,42)(H,40,44)/t22-,24-,27?,28-,36-/m1/s1. The number of fused-ring (bicyclic) bond motifs is 1. The van der Waals surface area contributed by atoms with Gasteiger partial charge in [-0.25, -0.2) is 18.2 Å². The molecule has 3 N–H and O–H groups in total. The first kappa shape index (κ1) is 37.8. The Hall–Kier alpha value is -4.40. The summed E-state index contributed by atoms with van der Waals surface area (Å²) in [6, 6.07) is 4.96. The number of carbonyl (C=O) groups is 4. The van der Waals surface area contributed by atoms with Crippen LogP contribution in [-0.2, 0) is 29.1 Å². The van der Waals surface area contributed by atoms with Crippen molar-refractivity contribution in [2.75, 3.05) is 13.7 Å². The van der Waals surface area contributed by atoms with Gasteiger partial charge in [0, 0.05) is 23.9 Å². The summed E-state index contributed by atoms with van der Waals surface area (Å²) in [5, 5.41) is 6.33. The van der Waals surface area contributed by atoms with E-state index in [2.05, 4.69) is 26.9 Å². The number of rotatable bonds is 11. The molecule has 278 valence electrons. The van der Waals surface area contributed by atoms with Crippen LogP contribution in [0.5, 0.6) is 11.6 Å². The molecule has 5 atom stereocenters. The molecule has 0 spiro atoms. The normalized spacial score (nSPS) is 24.1. The molecular formula is C36H49N5O9S. The fourth-order valence-corrected chi connectivity index (χ4v) is 8.00. The second kappa shape index (κ2) is 14.0. The van der Waals surface area contributed by atoms with Crippen molar-refractivity contribution in [2.45, 2.75) is 108 Å². The third kappa shape index (κ3) is 8.23. The number of hydrogen-bond donors (Lipinski definition) is 3. The molecule has 15 heteroatoms. The van der Waals surface area contributed by atoms with Crippen molar-refractivity contribution in [1.29, 1.82) is 0 Å². The third-order valence-electron chi connectivity index (χ3n) is 9.61. The van der Waals surface area contributed by atoms with E-state index in [0.29, 0.717) is 29.9 Å². The minimum Gasteiger partial charge on any atom is -0.497 e. The number of amides is 4. The van der Waals surface area contributed by atoms with E-state index in [-0.39, 0.29) is 19.4 Å². The molecule has 2 saturated carbocycles. The van der Waals surface area contributed by atoms with Crippen LogP contribution in [0.1, 0.15) is 73.6 Å². The quantitative estimate of drug-likeness (QED) is 0.290. The minimum absolute atomic E-state index is 0.0198. The molecule has 1 aliphatic heterocycles. The van der Waals surface area contributed by atoms with Crippen LogP contribution in [-0.4, -0.2) is 90.3 Å². The topological polar surface area (TPSA) is 182 Å². The van der Waals surface area contributed by atoms with Crippen LogP contribution < -0.4 is 24.8 Å². The Labute approximate surface area is 299 Å². The van der Waals surface area contributed by atoms with Crippen molar-refractivity contribution in [3.63, 3.8) is 0 Å². The van der Waals surface area contributed by atoms with Gasteiger partial charge in [0.2, 0.25) is 27.7 Å². The lowest BCUT2D eigenvalue weighted by atomic mass is 9.85. The molecular weight excluding hydrogens is 678 g/mol. The zero-order valence-electron chi connectivity index (χ0n) is 30.3. The molecule has 4 amide bonds. The van der Waals surface area contributed by atoms with E-state index in [1.165, 1.54) is 11.0 Å².